The van der Waals surface area contributed by atoms with Crippen LogP contribution in [0, 0.1) is 0 Å². The second kappa shape index (κ2) is 8.00. The molecule has 1 aliphatic rings. The lowest BCUT2D eigenvalue weighted by Gasteiger charge is -2.26. The van der Waals surface area contributed by atoms with Crippen LogP contribution >= 0.6 is 0 Å². The van der Waals surface area contributed by atoms with Gasteiger partial charge >= 0.3 is 0 Å². The van der Waals surface area contributed by atoms with E-state index in [2.05, 4.69) is 5.32 Å². The lowest BCUT2D eigenvalue weighted by molar-refractivity contribution is -0.0263. The molecular weight excluding hydrogens is 222 g/mol. The van der Waals surface area contributed by atoms with Gasteiger partial charge < -0.3 is 24.6 Å². The fourth-order valence-electron chi connectivity index (χ4n) is 1.85. The van der Waals surface area contributed by atoms with Gasteiger partial charge in [-0.1, -0.05) is 0 Å². The summed E-state index contributed by atoms with van der Waals surface area (Å²) in [5.41, 5.74) is -0.698. The molecule has 0 saturated carbocycles. The molecular formula is C12H25NO4. The van der Waals surface area contributed by atoms with Crippen molar-refractivity contribution < 1.29 is 19.3 Å². The van der Waals surface area contributed by atoms with Gasteiger partial charge in [0, 0.05) is 33.3 Å². The van der Waals surface area contributed by atoms with Crippen LogP contribution in [-0.4, -0.2) is 63.4 Å². The smallest absolute Gasteiger partial charge is 0.105 e. The molecule has 0 aromatic carbocycles. The standard InChI is InChI=1S/C12H25NO4/c1-11-12(14,4-7-17-11)10-13-5-3-6-16-9-8-15-2/h11,13-14H,3-10H2,1-2H3. The van der Waals surface area contributed by atoms with Gasteiger partial charge in [-0.15, -0.1) is 0 Å². The van der Waals surface area contributed by atoms with Crippen molar-refractivity contribution in [3.05, 3.63) is 0 Å². The van der Waals surface area contributed by atoms with Crippen molar-refractivity contribution in [3.8, 4) is 0 Å². The highest BCUT2D eigenvalue weighted by molar-refractivity contribution is 4.91. The quantitative estimate of drug-likeness (QED) is 0.569. The first kappa shape index (κ1) is 14.9. The maximum Gasteiger partial charge on any atom is 0.105 e. The summed E-state index contributed by atoms with van der Waals surface area (Å²) in [6.45, 7) is 6.02. The average Bonchev–Trinajstić information content (AvgIpc) is 2.63. The van der Waals surface area contributed by atoms with E-state index >= 15 is 0 Å². The van der Waals surface area contributed by atoms with E-state index < -0.39 is 5.60 Å². The minimum Gasteiger partial charge on any atom is -0.386 e. The topological polar surface area (TPSA) is 60.0 Å². The van der Waals surface area contributed by atoms with Crippen LogP contribution in [0.15, 0.2) is 0 Å². The maximum atomic E-state index is 10.2. The number of aliphatic hydroxyl groups is 1. The number of ether oxygens (including phenoxy) is 3. The van der Waals surface area contributed by atoms with Crippen LogP contribution in [0.1, 0.15) is 19.8 Å². The van der Waals surface area contributed by atoms with Gasteiger partial charge in [0.25, 0.3) is 0 Å². The second-order valence-corrected chi connectivity index (χ2v) is 4.50. The van der Waals surface area contributed by atoms with Gasteiger partial charge in [0.05, 0.1) is 19.3 Å². The Kier molecular flexibility index (Phi) is 6.99. The monoisotopic (exact) mass is 247 g/mol. The van der Waals surface area contributed by atoms with Gasteiger partial charge in [0.15, 0.2) is 0 Å². The molecule has 17 heavy (non-hydrogen) atoms. The molecule has 0 aliphatic carbocycles. The molecule has 2 N–H and O–H groups in total. The number of rotatable bonds is 9. The third-order valence-corrected chi connectivity index (χ3v) is 3.16. The third kappa shape index (κ3) is 5.31. The molecule has 0 aromatic heterocycles. The Labute approximate surface area is 103 Å². The van der Waals surface area contributed by atoms with Crippen LogP contribution in [-0.2, 0) is 14.2 Å². The zero-order valence-electron chi connectivity index (χ0n) is 10.9. The summed E-state index contributed by atoms with van der Waals surface area (Å²) in [6.07, 6.45) is 1.58. The molecule has 1 fully saturated rings. The van der Waals surface area contributed by atoms with Crippen molar-refractivity contribution in [1.82, 2.24) is 5.32 Å². The molecule has 0 amide bonds. The van der Waals surface area contributed by atoms with Crippen molar-refractivity contribution in [3.63, 3.8) is 0 Å². The van der Waals surface area contributed by atoms with Crippen molar-refractivity contribution >= 4 is 0 Å². The lowest BCUT2D eigenvalue weighted by Crippen LogP contribution is -2.46. The fraction of sp³-hybridized carbons (Fsp3) is 1.00. The fourth-order valence-corrected chi connectivity index (χ4v) is 1.85. The summed E-state index contributed by atoms with van der Waals surface area (Å²) in [5, 5.41) is 13.4. The molecule has 0 bridgehead atoms. The van der Waals surface area contributed by atoms with E-state index in [0.717, 1.165) is 19.6 Å². The van der Waals surface area contributed by atoms with Gasteiger partial charge in [-0.05, 0) is 19.9 Å². The van der Waals surface area contributed by atoms with Crippen LogP contribution in [0.3, 0.4) is 0 Å². The Morgan fingerprint density at radius 2 is 2.24 bits per heavy atom. The van der Waals surface area contributed by atoms with Gasteiger partial charge in [-0.25, -0.2) is 0 Å². The number of hydrogen-bond acceptors (Lipinski definition) is 5. The lowest BCUT2D eigenvalue weighted by atomic mass is 9.97. The SMILES string of the molecule is COCCOCCCNCC1(O)CCOC1C. The van der Waals surface area contributed by atoms with E-state index in [-0.39, 0.29) is 6.10 Å². The highest BCUT2D eigenvalue weighted by atomic mass is 16.5. The molecule has 0 aromatic rings. The summed E-state index contributed by atoms with van der Waals surface area (Å²) < 4.78 is 15.6. The summed E-state index contributed by atoms with van der Waals surface area (Å²) >= 11 is 0. The highest BCUT2D eigenvalue weighted by Gasteiger charge is 2.38. The first-order chi connectivity index (χ1) is 8.19. The molecule has 0 radical (unpaired) electrons. The molecule has 102 valence electrons. The number of methoxy groups -OCH3 is 1. The minimum atomic E-state index is -0.698. The van der Waals surface area contributed by atoms with E-state index in [4.69, 9.17) is 14.2 Å². The van der Waals surface area contributed by atoms with Crippen LogP contribution in [0.2, 0.25) is 0 Å². The Morgan fingerprint density at radius 3 is 2.88 bits per heavy atom. The first-order valence-corrected chi connectivity index (χ1v) is 6.30. The van der Waals surface area contributed by atoms with Gasteiger partial charge in [0.1, 0.15) is 5.60 Å². The summed E-state index contributed by atoms with van der Waals surface area (Å²) in [4.78, 5) is 0. The largest absolute Gasteiger partial charge is 0.386 e. The molecule has 1 aliphatic heterocycles. The first-order valence-electron chi connectivity index (χ1n) is 6.30. The Hall–Kier alpha value is -0.200. The van der Waals surface area contributed by atoms with Crippen LogP contribution < -0.4 is 5.32 Å². The Bertz CT molecular complexity index is 203. The van der Waals surface area contributed by atoms with Crippen molar-refractivity contribution in [2.75, 3.05) is 46.6 Å². The van der Waals surface area contributed by atoms with Gasteiger partial charge in [-0.2, -0.15) is 0 Å². The van der Waals surface area contributed by atoms with Crippen LogP contribution in [0.5, 0.6) is 0 Å². The molecule has 1 rings (SSSR count). The third-order valence-electron chi connectivity index (χ3n) is 3.16. The average molecular weight is 247 g/mol. The number of nitrogens with one attached hydrogen (secondary N) is 1. The number of hydrogen-bond donors (Lipinski definition) is 2. The zero-order chi connectivity index (χ0) is 12.6. The zero-order valence-corrected chi connectivity index (χ0v) is 10.9. The minimum absolute atomic E-state index is 0.0760. The molecule has 1 saturated heterocycles. The van der Waals surface area contributed by atoms with Crippen molar-refractivity contribution in [2.45, 2.75) is 31.5 Å². The molecule has 2 atom stereocenters. The summed E-state index contributed by atoms with van der Waals surface area (Å²) in [6, 6.07) is 0. The molecule has 5 nitrogen and oxygen atoms in total. The normalized spacial score (nSPS) is 28.8. The van der Waals surface area contributed by atoms with Crippen LogP contribution in [0.4, 0.5) is 0 Å². The molecule has 5 heteroatoms. The summed E-state index contributed by atoms with van der Waals surface area (Å²) in [7, 11) is 1.66. The van der Waals surface area contributed by atoms with Crippen molar-refractivity contribution in [2.24, 2.45) is 0 Å². The Balaban J connectivity index is 1.93. The van der Waals surface area contributed by atoms with Gasteiger partial charge in [-0.3, -0.25) is 0 Å². The molecule has 1 heterocycles. The predicted octanol–water partition coefficient (Wildman–Crippen LogP) is 0.169. The molecule has 2 unspecified atom stereocenters. The Morgan fingerprint density at radius 1 is 1.41 bits per heavy atom. The van der Waals surface area contributed by atoms with E-state index in [9.17, 15) is 5.11 Å². The van der Waals surface area contributed by atoms with E-state index in [1.54, 1.807) is 7.11 Å². The van der Waals surface area contributed by atoms with Gasteiger partial charge in [0.2, 0.25) is 0 Å². The van der Waals surface area contributed by atoms with E-state index in [0.29, 0.717) is 32.8 Å². The van der Waals surface area contributed by atoms with Crippen molar-refractivity contribution in [1.29, 1.82) is 0 Å². The second-order valence-electron chi connectivity index (χ2n) is 4.50. The van der Waals surface area contributed by atoms with E-state index in [1.807, 2.05) is 6.92 Å². The van der Waals surface area contributed by atoms with Crippen LogP contribution in [0.25, 0.3) is 0 Å². The molecule has 0 spiro atoms. The maximum absolute atomic E-state index is 10.2. The predicted molar refractivity (Wildman–Crippen MR) is 65.2 cm³/mol. The van der Waals surface area contributed by atoms with E-state index in [1.165, 1.54) is 0 Å². The summed E-state index contributed by atoms with van der Waals surface area (Å²) in [5.74, 6) is 0. The highest BCUT2D eigenvalue weighted by Crippen LogP contribution is 2.24.